The monoisotopic (exact) mass is 499 g/mol. The zero-order chi connectivity index (χ0) is 24.7. The van der Waals surface area contributed by atoms with E-state index in [4.69, 9.17) is 9.47 Å². The second-order valence-corrected chi connectivity index (χ2v) is 9.83. The van der Waals surface area contributed by atoms with Gasteiger partial charge in [0.15, 0.2) is 6.61 Å². The zero-order valence-electron chi connectivity index (χ0n) is 19.1. The molecule has 0 aliphatic carbocycles. The van der Waals surface area contributed by atoms with E-state index < -0.39 is 35.3 Å². The summed E-state index contributed by atoms with van der Waals surface area (Å²) >= 11 is 1.25. The van der Waals surface area contributed by atoms with Crippen molar-refractivity contribution in [1.82, 2.24) is 0 Å². The SMILES string of the molecule is CCOC(=O)c1c(NC(=O)COC(=O)c2ccccc2[S@@](=O)CC)sc(-c2ccccc2)c1C. The molecule has 3 rings (SSSR count). The topological polar surface area (TPSA) is 98.8 Å². The molecule has 0 bridgehead atoms. The number of nitrogens with one attached hydrogen (secondary N) is 1. The van der Waals surface area contributed by atoms with Crippen molar-refractivity contribution in [2.75, 3.05) is 24.3 Å². The summed E-state index contributed by atoms with van der Waals surface area (Å²) in [6.45, 7) is 4.88. The van der Waals surface area contributed by atoms with E-state index >= 15 is 0 Å². The Balaban J connectivity index is 1.79. The van der Waals surface area contributed by atoms with Crippen molar-refractivity contribution in [3.8, 4) is 10.4 Å². The Kier molecular flexibility index (Phi) is 8.72. The predicted octanol–water partition coefficient (Wildman–Crippen LogP) is 4.82. The summed E-state index contributed by atoms with van der Waals surface area (Å²) in [7, 11) is -1.35. The van der Waals surface area contributed by atoms with Gasteiger partial charge in [-0.3, -0.25) is 9.00 Å². The summed E-state index contributed by atoms with van der Waals surface area (Å²) < 4.78 is 22.6. The maximum absolute atomic E-state index is 12.6. The Labute approximate surface area is 204 Å². The van der Waals surface area contributed by atoms with Crippen LogP contribution in [0.25, 0.3) is 10.4 Å². The van der Waals surface area contributed by atoms with Gasteiger partial charge in [-0.25, -0.2) is 9.59 Å². The van der Waals surface area contributed by atoms with Crippen LogP contribution in [-0.4, -0.2) is 41.0 Å². The van der Waals surface area contributed by atoms with Gasteiger partial charge in [0.2, 0.25) is 0 Å². The van der Waals surface area contributed by atoms with Crippen molar-refractivity contribution in [1.29, 1.82) is 0 Å². The number of benzene rings is 2. The van der Waals surface area contributed by atoms with E-state index in [1.54, 1.807) is 39.0 Å². The van der Waals surface area contributed by atoms with Crippen LogP contribution >= 0.6 is 11.3 Å². The maximum Gasteiger partial charge on any atom is 0.341 e. The summed E-state index contributed by atoms with van der Waals surface area (Å²) in [4.78, 5) is 39.0. The van der Waals surface area contributed by atoms with Gasteiger partial charge in [0.05, 0.1) is 33.4 Å². The summed E-state index contributed by atoms with van der Waals surface area (Å²) in [5.74, 6) is -1.54. The molecule has 0 saturated heterocycles. The van der Waals surface area contributed by atoms with E-state index in [9.17, 15) is 18.6 Å². The Bertz CT molecular complexity index is 1220. The molecule has 7 nitrogen and oxygen atoms in total. The van der Waals surface area contributed by atoms with Crippen LogP contribution in [0.1, 0.15) is 40.1 Å². The number of thiophene rings is 1. The summed E-state index contributed by atoms with van der Waals surface area (Å²) in [6, 6.07) is 15.9. The highest BCUT2D eigenvalue weighted by Crippen LogP contribution is 2.40. The first-order valence-corrected chi connectivity index (χ1v) is 12.8. The number of anilines is 1. The molecule has 0 radical (unpaired) electrons. The van der Waals surface area contributed by atoms with Gasteiger partial charge in [0.25, 0.3) is 5.91 Å². The Morgan fingerprint density at radius 1 is 0.941 bits per heavy atom. The fraction of sp³-hybridized carbons (Fsp3) is 0.240. The van der Waals surface area contributed by atoms with Crippen molar-refractivity contribution >= 4 is 45.0 Å². The number of hydrogen-bond donors (Lipinski definition) is 1. The molecule has 1 N–H and O–H groups in total. The van der Waals surface area contributed by atoms with E-state index in [1.165, 1.54) is 17.4 Å². The lowest BCUT2D eigenvalue weighted by Gasteiger charge is -2.09. The maximum atomic E-state index is 12.6. The fourth-order valence-corrected chi connectivity index (χ4v) is 5.43. The Morgan fingerprint density at radius 3 is 2.29 bits per heavy atom. The quantitative estimate of drug-likeness (QED) is 0.424. The molecule has 0 fully saturated rings. The average molecular weight is 500 g/mol. The summed E-state index contributed by atoms with van der Waals surface area (Å²) in [5.41, 5.74) is 2.02. The molecule has 0 spiro atoms. The minimum atomic E-state index is -1.35. The number of amides is 1. The van der Waals surface area contributed by atoms with E-state index in [-0.39, 0.29) is 17.7 Å². The molecule has 178 valence electrons. The number of ether oxygens (including phenoxy) is 2. The van der Waals surface area contributed by atoms with Crippen molar-refractivity contribution < 1.29 is 28.1 Å². The minimum Gasteiger partial charge on any atom is -0.462 e. The molecule has 2 aromatic carbocycles. The number of esters is 2. The lowest BCUT2D eigenvalue weighted by atomic mass is 10.1. The number of hydrogen-bond acceptors (Lipinski definition) is 7. The molecule has 1 aromatic heterocycles. The number of rotatable bonds is 9. The van der Waals surface area contributed by atoms with Crippen molar-refractivity contribution in [2.45, 2.75) is 25.7 Å². The molecule has 3 aromatic rings. The van der Waals surface area contributed by atoms with Crippen molar-refractivity contribution in [3.05, 3.63) is 71.3 Å². The Hall–Kier alpha value is -3.30. The number of carbonyl (C=O) groups excluding carboxylic acids is 3. The second-order valence-electron chi connectivity index (χ2n) is 7.10. The molecule has 1 heterocycles. The standard InChI is InChI=1S/C25H25NO6S2/c1-4-31-25(29)21-16(3)22(17-11-7-6-8-12-17)33-23(21)26-20(27)15-32-24(28)18-13-9-10-14-19(18)34(30)5-2/h6-14H,4-5,15H2,1-3H3,(H,26,27)/t34-/m0/s1. The van der Waals surface area contributed by atoms with Crippen LogP contribution in [0.15, 0.2) is 59.5 Å². The highest BCUT2D eigenvalue weighted by atomic mass is 32.2. The third kappa shape index (κ3) is 5.78. The molecule has 0 saturated carbocycles. The summed E-state index contributed by atoms with van der Waals surface area (Å²) in [5, 5.41) is 3.00. The molecule has 1 amide bonds. The average Bonchev–Trinajstić information content (AvgIpc) is 3.18. The zero-order valence-corrected chi connectivity index (χ0v) is 20.7. The lowest BCUT2D eigenvalue weighted by molar-refractivity contribution is -0.119. The molecule has 0 unspecified atom stereocenters. The first-order valence-electron chi connectivity index (χ1n) is 10.7. The van der Waals surface area contributed by atoms with Gasteiger partial charge >= 0.3 is 11.9 Å². The highest BCUT2D eigenvalue weighted by Gasteiger charge is 2.25. The van der Waals surface area contributed by atoms with Gasteiger partial charge in [0.1, 0.15) is 5.00 Å². The smallest absolute Gasteiger partial charge is 0.341 e. The molecular formula is C25H25NO6S2. The van der Waals surface area contributed by atoms with Gasteiger partial charge in [0, 0.05) is 10.6 Å². The third-order valence-corrected chi connectivity index (χ3v) is 7.49. The molecule has 34 heavy (non-hydrogen) atoms. The van der Waals surface area contributed by atoms with Gasteiger partial charge in [-0.05, 0) is 37.1 Å². The molecule has 0 aliphatic rings. The predicted molar refractivity (Wildman–Crippen MR) is 133 cm³/mol. The first kappa shape index (κ1) is 25.3. The van der Waals surface area contributed by atoms with Crippen LogP contribution in [0.3, 0.4) is 0 Å². The van der Waals surface area contributed by atoms with Crippen LogP contribution in [0.4, 0.5) is 5.00 Å². The fourth-order valence-electron chi connectivity index (χ4n) is 3.28. The lowest BCUT2D eigenvalue weighted by Crippen LogP contribution is -2.22. The van der Waals surface area contributed by atoms with Gasteiger partial charge < -0.3 is 14.8 Å². The van der Waals surface area contributed by atoms with E-state index in [0.29, 0.717) is 21.2 Å². The Morgan fingerprint density at radius 2 is 1.62 bits per heavy atom. The number of carbonyl (C=O) groups is 3. The largest absolute Gasteiger partial charge is 0.462 e. The highest BCUT2D eigenvalue weighted by molar-refractivity contribution is 7.85. The van der Waals surface area contributed by atoms with E-state index in [0.717, 1.165) is 10.4 Å². The second kappa shape index (κ2) is 11.7. The van der Waals surface area contributed by atoms with Crippen LogP contribution in [-0.2, 0) is 25.1 Å². The first-order chi connectivity index (χ1) is 16.4. The van der Waals surface area contributed by atoms with Crippen LogP contribution < -0.4 is 5.32 Å². The molecule has 9 heteroatoms. The van der Waals surface area contributed by atoms with Gasteiger partial charge in [-0.1, -0.05) is 49.4 Å². The molecular weight excluding hydrogens is 474 g/mol. The van der Waals surface area contributed by atoms with Crippen LogP contribution in [0, 0.1) is 6.92 Å². The van der Waals surface area contributed by atoms with E-state index in [2.05, 4.69) is 5.32 Å². The van der Waals surface area contributed by atoms with Gasteiger partial charge in [-0.2, -0.15) is 0 Å². The van der Waals surface area contributed by atoms with Crippen LogP contribution in [0.2, 0.25) is 0 Å². The van der Waals surface area contributed by atoms with Crippen molar-refractivity contribution in [2.24, 2.45) is 0 Å². The molecule has 1 atom stereocenters. The van der Waals surface area contributed by atoms with E-state index in [1.807, 2.05) is 30.3 Å². The van der Waals surface area contributed by atoms with Crippen LogP contribution in [0.5, 0.6) is 0 Å². The minimum absolute atomic E-state index is 0.154. The molecule has 0 aliphatic heterocycles. The van der Waals surface area contributed by atoms with Crippen molar-refractivity contribution in [3.63, 3.8) is 0 Å². The normalized spacial score (nSPS) is 11.5. The third-order valence-electron chi connectivity index (χ3n) is 4.86. The van der Waals surface area contributed by atoms with Gasteiger partial charge in [-0.15, -0.1) is 11.3 Å². The summed E-state index contributed by atoms with van der Waals surface area (Å²) in [6.07, 6.45) is 0.